The Labute approximate surface area is 111 Å². The zero-order valence-corrected chi connectivity index (χ0v) is 11.4. The minimum Gasteiger partial charge on any atom is -0.335 e. The van der Waals surface area contributed by atoms with Crippen LogP contribution in [-0.4, -0.2) is 24.7 Å². The lowest BCUT2D eigenvalue weighted by molar-refractivity contribution is 0.607. The predicted octanol–water partition coefficient (Wildman–Crippen LogP) is 2.85. The molecule has 5 heteroatoms. The Morgan fingerprint density at radius 1 is 1.26 bits per heavy atom. The van der Waals surface area contributed by atoms with E-state index >= 15 is 0 Å². The number of fused-ring (bicyclic) bond motifs is 1. The molecule has 0 aliphatic rings. The van der Waals surface area contributed by atoms with E-state index < -0.39 is 0 Å². The van der Waals surface area contributed by atoms with Gasteiger partial charge in [-0.05, 0) is 38.0 Å². The third kappa shape index (κ3) is 2.01. The number of aromatic amines is 1. The molecular weight excluding hydrogens is 238 g/mol. The third-order valence-electron chi connectivity index (χ3n) is 3.31. The van der Waals surface area contributed by atoms with Gasteiger partial charge in [0.25, 0.3) is 0 Å². The average Bonchev–Trinajstić information content (AvgIpc) is 2.96. The van der Waals surface area contributed by atoms with Crippen LogP contribution in [0.2, 0.25) is 0 Å². The minimum atomic E-state index is 0.766. The summed E-state index contributed by atoms with van der Waals surface area (Å²) in [5.41, 5.74) is 4.94. The molecule has 0 bridgehead atoms. The van der Waals surface area contributed by atoms with Crippen LogP contribution >= 0.6 is 0 Å². The molecule has 0 radical (unpaired) electrons. The number of rotatable bonds is 3. The van der Waals surface area contributed by atoms with Crippen molar-refractivity contribution in [3.05, 3.63) is 29.6 Å². The number of nitrogens with zero attached hydrogens (tertiary/aromatic N) is 4. The van der Waals surface area contributed by atoms with Crippen molar-refractivity contribution in [1.29, 1.82) is 0 Å². The molecule has 0 amide bonds. The first-order valence-corrected chi connectivity index (χ1v) is 6.55. The number of aromatic nitrogens is 5. The number of imidazole rings is 1. The molecule has 0 spiro atoms. The van der Waals surface area contributed by atoms with Gasteiger partial charge in [0.1, 0.15) is 5.69 Å². The van der Waals surface area contributed by atoms with Crippen LogP contribution in [-0.2, 0) is 6.54 Å². The molecular formula is C14H17N5. The molecule has 19 heavy (non-hydrogen) atoms. The quantitative estimate of drug-likeness (QED) is 0.782. The van der Waals surface area contributed by atoms with Gasteiger partial charge in [-0.25, -0.2) is 9.97 Å². The van der Waals surface area contributed by atoms with Crippen LogP contribution in [0.25, 0.3) is 22.7 Å². The van der Waals surface area contributed by atoms with E-state index in [2.05, 4.69) is 40.0 Å². The van der Waals surface area contributed by atoms with Crippen LogP contribution in [0.3, 0.4) is 0 Å². The van der Waals surface area contributed by atoms with Gasteiger partial charge in [0.05, 0.1) is 5.52 Å². The van der Waals surface area contributed by atoms with Crippen molar-refractivity contribution >= 4 is 11.2 Å². The molecule has 0 fully saturated rings. The highest BCUT2D eigenvalue weighted by atomic mass is 15.3. The molecule has 1 N–H and O–H groups in total. The first-order valence-electron chi connectivity index (χ1n) is 6.55. The van der Waals surface area contributed by atoms with Crippen molar-refractivity contribution in [3.8, 4) is 11.5 Å². The fraction of sp³-hybridized carbons (Fsp3) is 0.357. The van der Waals surface area contributed by atoms with Crippen molar-refractivity contribution in [3.63, 3.8) is 0 Å². The van der Waals surface area contributed by atoms with E-state index in [1.54, 1.807) is 0 Å². The number of hydrogen-bond donors (Lipinski definition) is 1. The summed E-state index contributed by atoms with van der Waals surface area (Å²) in [6.45, 7) is 7.09. The smallest absolute Gasteiger partial charge is 0.178 e. The van der Waals surface area contributed by atoms with E-state index in [1.165, 1.54) is 5.56 Å². The summed E-state index contributed by atoms with van der Waals surface area (Å²) in [7, 11) is 0. The maximum Gasteiger partial charge on any atom is 0.178 e. The molecule has 3 rings (SSSR count). The Morgan fingerprint density at radius 3 is 2.89 bits per heavy atom. The predicted molar refractivity (Wildman–Crippen MR) is 74.9 cm³/mol. The molecule has 98 valence electrons. The summed E-state index contributed by atoms with van der Waals surface area (Å²) in [5, 5.41) is 4.32. The van der Waals surface area contributed by atoms with E-state index in [4.69, 9.17) is 0 Å². The molecule has 0 aliphatic carbocycles. The number of nitrogens with one attached hydrogen (secondary N) is 1. The number of aryl methyl sites for hydroxylation is 3. The Bertz CT molecular complexity index is 684. The lowest BCUT2D eigenvalue weighted by Gasteiger charge is -2.02. The van der Waals surface area contributed by atoms with Gasteiger partial charge >= 0.3 is 0 Å². The molecule has 3 aromatic rings. The average molecular weight is 255 g/mol. The fourth-order valence-corrected chi connectivity index (χ4v) is 2.18. The van der Waals surface area contributed by atoms with Gasteiger partial charge in [0.2, 0.25) is 0 Å². The SMILES string of the molecule is CCCn1nccc1-c1nc2nc(C)c(C)cc2[nH]1. The van der Waals surface area contributed by atoms with Crippen molar-refractivity contribution in [2.24, 2.45) is 0 Å². The monoisotopic (exact) mass is 255 g/mol. The van der Waals surface area contributed by atoms with Crippen LogP contribution in [0.5, 0.6) is 0 Å². The van der Waals surface area contributed by atoms with Crippen LogP contribution in [0.4, 0.5) is 0 Å². The van der Waals surface area contributed by atoms with Gasteiger partial charge in [0.15, 0.2) is 11.5 Å². The second-order valence-electron chi connectivity index (χ2n) is 4.79. The lowest BCUT2D eigenvalue weighted by atomic mass is 10.2. The van der Waals surface area contributed by atoms with Gasteiger partial charge in [-0.15, -0.1) is 0 Å². The van der Waals surface area contributed by atoms with E-state index in [-0.39, 0.29) is 0 Å². The molecule has 5 nitrogen and oxygen atoms in total. The summed E-state index contributed by atoms with van der Waals surface area (Å²) >= 11 is 0. The van der Waals surface area contributed by atoms with Crippen molar-refractivity contribution in [1.82, 2.24) is 24.7 Å². The lowest BCUT2D eigenvalue weighted by Crippen LogP contribution is -2.01. The van der Waals surface area contributed by atoms with Crippen molar-refractivity contribution in [2.45, 2.75) is 33.7 Å². The largest absolute Gasteiger partial charge is 0.335 e. The van der Waals surface area contributed by atoms with Crippen LogP contribution < -0.4 is 0 Å². The zero-order valence-electron chi connectivity index (χ0n) is 11.4. The Balaban J connectivity index is 2.12. The second kappa shape index (κ2) is 4.50. The highest BCUT2D eigenvalue weighted by molar-refractivity contribution is 5.76. The van der Waals surface area contributed by atoms with Gasteiger partial charge < -0.3 is 4.98 Å². The van der Waals surface area contributed by atoms with Crippen LogP contribution in [0.15, 0.2) is 18.3 Å². The summed E-state index contributed by atoms with van der Waals surface area (Å²) in [6.07, 6.45) is 2.85. The van der Waals surface area contributed by atoms with Crippen LogP contribution in [0.1, 0.15) is 24.6 Å². The number of pyridine rings is 1. The van der Waals surface area contributed by atoms with E-state index in [1.807, 2.05) is 23.9 Å². The maximum atomic E-state index is 4.57. The summed E-state index contributed by atoms with van der Waals surface area (Å²) in [6, 6.07) is 4.07. The Morgan fingerprint density at radius 2 is 2.11 bits per heavy atom. The molecule has 0 saturated heterocycles. The molecule has 3 aromatic heterocycles. The van der Waals surface area contributed by atoms with Gasteiger partial charge in [0, 0.05) is 18.4 Å². The van der Waals surface area contributed by atoms with Gasteiger partial charge in [-0.3, -0.25) is 4.68 Å². The van der Waals surface area contributed by atoms with Crippen molar-refractivity contribution < 1.29 is 0 Å². The number of H-pyrrole nitrogens is 1. The Hall–Kier alpha value is -2.17. The normalized spacial score (nSPS) is 11.3. The van der Waals surface area contributed by atoms with E-state index in [9.17, 15) is 0 Å². The Kier molecular flexibility index (Phi) is 2.81. The summed E-state index contributed by atoms with van der Waals surface area (Å²) in [5.74, 6) is 0.832. The molecule has 0 aliphatic heterocycles. The van der Waals surface area contributed by atoms with Crippen molar-refractivity contribution in [2.75, 3.05) is 0 Å². The summed E-state index contributed by atoms with van der Waals surface area (Å²) < 4.78 is 1.97. The standard InChI is InChI=1S/C14H17N5/c1-4-7-19-12(5-6-15-19)14-17-11-8-9(2)10(3)16-13(11)18-14/h5-6,8H,4,7H2,1-3H3,(H,16,17,18). The zero-order chi connectivity index (χ0) is 13.4. The van der Waals surface area contributed by atoms with E-state index in [0.29, 0.717) is 0 Å². The molecule has 0 unspecified atom stereocenters. The second-order valence-corrected chi connectivity index (χ2v) is 4.79. The van der Waals surface area contributed by atoms with Gasteiger partial charge in [-0.1, -0.05) is 6.92 Å². The van der Waals surface area contributed by atoms with E-state index in [0.717, 1.165) is 41.3 Å². The minimum absolute atomic E-state index is 0.766. The van der Waals surface area contributed by atoms with Crippen LogP contribution in [0, 0.1) is 13.8 Å². The molecule has 3 heterocycles. The highest BCUT2D eigenvalue weighted by Crippen LogP contribution is 2.21. The fourth-order valence-electron chi connectivity index (χ4n) is 2.18. The first-order chi connectivity index (χ1) is 9.19. The molecule has 0 atom stereocenters. The highest BCUT2D eigenvalue weighted by Gasteiger charge is 2.11. The topological polar surface area (TPSA) is 59.4 Å². The molecule has 0 saturated carbocycles. The molecule has 0 aromatic carbocycles. The maximum absolute atomic E-state index is 4.57. The number of hydrogen-bond acceptors (Lipinski definition) is 3. The first kappa shape index (κ1) is 11.9. The third-order valence-corrected chi connectivity index (χ3v) is 3.31. The summed E-state index contributed by atoms with van der Waals surface area (Å²) in [4.78, 5) is 12.4. The van der Waals surface area contributed by atoms with Gasteiger partial charge in [-0.2, -0.15) is 5.10 Å².